The second kappa shape index (κ2) is 4.50. The topological polar surface area (TPSA) is 89.2 Å². The molecule has 0 amide bonds. The Morgan fingerprint density at radius 1 is 1.39 bits per heavy atom. The van der Waals surface area contributed by atoms with Gasteiger partial charge in [0.15, 0.2) is 0 Å². The summed E-state index contributed by atoms with van der Waals surface area (Å²) in [6, 6.07) is 5.24. The fourth-order valence-electron chi connectivity index (χ4n) is 1.25. The normalized spacial score (nSPS) is 11.4. The van der Waals surface area contributed by atoms with E-state index in [1.807, 2.05) is 0 Å². The van der Waals surface area contributed by atoms with E-state index < -0.39 is 15.8 Å². The Bertz CT molecular complexity index is 671. The molecule has 0 radical (unpaired) electrons. The highest BCUT2D eigenvalue weighted by atomic mass is 32.2. The van der Waals surface area contributed by atoms with Gasteiger partial charge < -0.3 is 5.73 Å². The first-order valence-corrected chi connectivity index (χ1v) is 7.00. The van der Waals surface area contributed by atoms with E-state index in [9.17, 15) is 12.8 Å². The molecule has 2 aromatic rings. The van der Waals surface area contributed by atoms with Crippen LogP contribution in [0.25, 0.3) is 0 Å². The molecule has 0 saturated carbocycles. The summed E-state index contributed by atoms with van der Waals surface area (Å²) in [7, 11) is -2.55. The molecule has 96 valence electrons. The number of nitrogens with zero attached hydrogens (tertiary/aromatic N) is 3. The monoisotopic (exact) mass is 288 g/mol. The molecule has 1 heterocycles. The number of rotatable bonds is 3. The number of anilines is 2. The van der Waals surface area contributed by atoms with Gasteiger partial charge in [-0.05, 0) is 18.2 Å². The van der Waals surface area contributed by atoms with Crippen LogP contribution in [0.15, 0.2) is 28.6 Å². The standard InChI is InChI=1S/C9H9FN4O2S2/c1-14(7-4-2-3-6(10)5-7)18(15,16)9-13-12-8(11)17-9/h2-5H,1H3,(H2,11,12). The molecular weight excluding hydrogens is 279 g/mol. The second-order valence-electron chi connectivity index (χ2n) is 3.36. The summed E-state index contributed by atoms with van der Waals surface area (Å²) in [5.74, 6) is -0.522. The lowest BCUT2D eigenvalue weighted by Crippen LogP contribution is -2.26. The van der Waals surface area contributed by atoms with Gasteiger partial charge in [0.05, 0.1) is 5.69 Å². The zero-order valence-electron chi connectivity index (χ0n) is 9.24. The number of nitrogen functional groups attached to an aromatic ring is 1. The van der Waals surface area contributed by atoms with Crippen LogP contribution >= 0.6 is 11.3 Å². The third kappa shape index (κ3) is 2.27. The van der Waals surface area contributed by atoms with E-state index >= 15 is 0 Å². The number of aromatic nitrogens is 2. The average Bonchev–Trinajstić information content (AvgIpc) is 2.75. The zero-order valence-corrected chi connectivity index (χ0v) is 10.9. The Kier molecular flexibility index (Phi) is 3.18. The lowest BCUT2D eigenvalue weighted by atomic mass is 10.3. The van der Waals surface area contributed by atoms with Crippen molar-refractivity contribution >= 4 is 32.2 Å². The highest BCUT2D eigenvalue weighted by Crippen LogP contribution is 2.25. The molecule has 0 saturated heterocycles. The van der Waals surface area contributed by atoms with Crippen molar-refractivity contribution in [3.8, 4) is 0 Å². The fraction of sp³-hybridized carbons (Fsp3) is 0.111. The van der Waals surface area contributed by atoms with E-state index in [0.29, 0.717) is 0 Å². The maximum atomic E-state index is 13.1. The van der Waals surface area contributed by atoms with Gasteiger partial charge in [-0.25, -0.2) is 4.39 Å². The van der Waals surface area contributed by atoms with E-state index in [1.165, 1.54) is 25.2 Å². The van der Waals surface area contributed by atoms with Crippen LogP contribution in [0.4, 0.5) is 15.2 Å². The molecule has 1 aromatic carbocycles. The molecule has 18 heavy (non-hydrogen) atoms. The summed E-state index contributed by atoms with van der Waals surface area (Å²) in [5.41, 5.74) is 5.54. The third-order valence-electron chi connectivity index (χ3n) is 2.18. The summed E-state index contributed by atoms with van der Waals surface area (Å²) in [6.45, 7) is 0. The quantitative estimate of drug-likeness (QED) is 0.913. The van der Waals surface area contributed by atoms with Crippen molar-refractivity contribution in [2.45, 2.75) is 4.34 Å². The van der Waals surface area contributed by atoms with Crippen molar-refractivity contribution in [3.05, 3.63) is 30.1 Å². The molecule has 2 rings (SSSR count). The molecule has 0 fully saturated rings. The van der Waals surface area contributed by atoms with Gasteiger partial charge >= 0.3 is 0 Å². The first kappa shape index (κ1) is 12.7. The maximum absolute atomic E-state index is 13.1. The zero-order chi connectivity index (χ0) is 13.3. The number of halogens is 1. The number of hydrogen-bond donors (Lipinski definition) is 1. The molecule has 0 atom stereocenters. The van der Waals surface area contributed by atoms with Gasteiger partial charge in [-0.2, -0.15) is 8.42 Å². The highest BCUT2D eigenvalue weighted by molar-refractivity contribution is 7.94. The average molecular weight is 288 g/mol. The van der Waals surface area contributed by atoms with Crippen molar-refractivity contribution in [2.24, 2.45) is 0 Å². The first-order valence-electron chi connectivity index (χ1n) is 4.75. The van der Waals surface area contributed by atoms with Crippen LogP contribution in [-0.2, 0) is 10.0 Å². The molecule has 0 spiro atoms. The second-order valence-corrected chi connectivity index (χ2v) is 6.51. The number of hydrogen-bond acceptors (Lipinski definition) is 6. The van der Waals surface area contributed by atoms with Crippen molar-refractivity contribution in [1.29, 1.82) is 0 Å². The first-order chi connectivity index (χ1) is 8.41. The van der Waals surface area contributed by atoms with Crippen LogP contribution < -0.4 is 10.0 Å². The number of nitrogens with two attached hydrogens (primary N) is 1. The van der Waals surface area contributed by atoms with Gasteiger partial charge in [-0.15, -0.1) is 10.2 Å². The molecule has 0 aliphatic heterocycles. The molecule has 9 heteroatoms. The predicted molar refractivity (Wildman–Crippen MR) is 66.3 cm³/mol. The third-order valence-corrected chi connectivity index (χ3v) is 5.06. The fourth-order valence-corrected chi connectivity index (χ4v) is 3.38. The van der Waals surface area contributed by atoms with Crippen molar-refractivity contribution < 1.29 is 12.8 Å². The largest absolute Gasteiger partial charge is 0.374 e. The van der Waals surface area contributed by atoms with Crippen LogP contribution in [0.3, 0.4) is 0 Å². The lowest BCUT2D eigenvalue weighted by molar-refractivity contribution is 0.592. The minimum atomic E-state index is -3.86. The van der Waals surface area contributed by atoms with Crippen LogP contribution in [-0.4, -0.2) is 25.7 Å². The van der Waals surface area contributed by atoms with Gasteiger partial charge in [-0.1, -0.05) is 17.4 Å². The van der Waals surface area contributed by atoms with Crippen LogP contribution in [0.1, 0.15) is 0 Å². The lowest BCUT2D eigenvalue weighted by Gasteiger charge is -2.17. The Hall–Kier alpha value is -1.74. The summed E-state index contributed by atoms with van der Waals surface area (Å²) < 4.78 is 38.0. The Morgan fingerprint density at radius 2 is 2.11 bits per heavy atom. The van der Waals surface area contributed by atoms with E-state index in [1.54, 1.807) is 0 Å². The Labute approximate surface area is 107 Å². The molecule has 0 unspecified atom stereocenters. The van der Waals surface area contributed by atoms with Crippen molar-refractivity contribution in [2.75, 3.05) is 17.1 Å². The minimum Gasteiger partial charge on any atom is -0.374 e. The van der Waals surface area contributed by atoms with Crippen molar-refractivity contribution in [3.63, 3.8) is 0 Å². The Morgan fingerprint density at radius 3 is 2.67 bits per heavy atom. The number of benzene rings is 1. The summed E-state index contributed by atoms with van der Waals surface area (Å²) in [5, 5.41) is 6.98. The van der Waals surface area contributed by atoms with Gasteiger partial charge in [-0.3, -0.25) is 4.31 Å². The van der Waals surface area contributed by atoms with Crippen LogP contribution in [0, 0.1) is 5.82 Å². The smallest absolute Gasteiger partial charge is 0.293 e. The summed E-state index contributed by atoms with van der Waals surface area (Å²) in [4.78, 5) is 0. The van der Waals surface area contributed by atoms with E-state index in [2.05, 4.69) is 10.2 Å². The maximum Gasteiger partial charge on any atom is 0.293 e. The van der Waals surface area contributed by atoms with Gasteiger partial charge in [0.1, 0.15) is 5.82 Å². The van der Waals surface area contributed by atoms with E-state index in [4.69, 9.17) is 5.73 Å². The molecule has 2 N–H and O–H groups in total. The molecule has 0 aliphatic carbocycles. The van der Waals surface area contributed by atoms with Crippen molar-refractivity contribution in [1.82, 2.24) is 10.2 Å². The Balaban J connectivity index is 2.42. The molecule has 0 aliphatic rings. The van der Waals surface area contributed by atoms with Crippen LogP contribution in [0.5, 0.6) is 0 Å². The SMILES string of the molecule is CN(c1cccc(F)c1)S(=O)(=O)c1nnc(N)s1. The van der Waals surface area contributed by atoms with Gasteiger partial charge in [0.2, 0.25) is 5.13 Å². The summed E-state index contributed by atoms with van der Waals surface area (Å²) in [6.07, 6.45) is 0. The van der Waals surface area contributed by atoms with Gasteiger partial charge in [0.25, 0.3) is 14.4 Å². The predicted octanol–water partition coefficient (Wildman–Crippen LogP) is 1.08. The molecule has 1 aromatic heterocycles. The highest BCUT2D eigenvalue weighted by Gasteiger charge is 2.25. The van der Waals surface area contributed by atoms with E-state index in [-0.39, 0.29) is 15.2 Å². The summed E-state index contributed by atoms with van der Waals surface area (Å²) >= 11 is 0.754. The molecular formula is C9H9FN4O2S2. The minimum absolute atomic E-state index is 0.0567. The van der Waals surface area contributed by atoms with Crippen LogP contribution in [0.2, 0.25) is 0 Å². The molecule has 6 nitrogen and oxygen atoms in total. The number of sulfonamides is 1. The van der Waals surface area contributed by atoms with Gasteiger partial charge in [0, 0.05) is 7.05 Å². The molecule has 0 bridgehead atoms. The van der Waals surface area contributed by atoms with E-state index in [0.717, 1.165) is 21.7 Å².